The number of carbonyl (C=O) groups excluding carboxylic acids is 2. The molecule has 102 valence electrons. The van der Waals surface area contributed by atoms with Crippen LogP contribution >= 0.6 is 11.8 Å². The first-order valence-corrected chi connectivity index (χ1v) is 7.13. The molecule has 3 rings (SSSR count). The first kappa shape index (κ1) is 13.0. The molecule has 1 fully saturated rings. The lowest BCUT2D eigenvalue weighted by Gasteiger charge is -2.12. The lowest BCUT2D eigenvalue weighted by atomic mass is 10.00. The molecule has 0 saturated carbocycles. The summed E-state index contributed by atoms with van der Waals surface area (Å²) in [5, 5.41) is 3.78. The predicted molar refractivity (Wildman–Crippen MR) is 79.1 cm³/mol. The van der Waals surface area contributed by atoms with E-state index in [2.05, 4.69) is 5.32 Å². The summed E-state index contributed by atoms with van der Waals surface area (Å²) in [6.45, 7) is 0. The summed E-state index contributed by atoms with van der Waals surface area (Å²) in [4.78, 5) is 22.9. The molecule has 1 N–H and O–H groups in total. The molecule has 0 bridgehead atoms. The van der Waals surface area contributed by atoms with E-state index >= 15 is 0 Å². The summed E-state index contributed by atoms with van der Waals surface area (Å²) in [5.74, 6) is 0.601. The molecule has 1 aliphatic heterocycles. The van der Waals surface area contributed by atoms with E-state index in [1.165, 1.54) is 0 Å². The van der Waals surface area contributed by atoms with Gasteiger partial charge in [-0.2, -0.15) is 0 Å². The van der Waals surface area contributed by atoms with Gasteiger partial charge in [-0.15, -0.1) is 0 Å². The number of rotatable bonds is 3. The Kier molecular flexibility index (Phi) is 3.36. The maximum atomic E-state index is 11.7. The number of hydrogen-bond acceptors (Lipinski definition) is 4. The fourth-order valence-corrected chi connectivity index (χ4v) is 3.26. The van der Waals surface area contributed by atoms with Crippen molar-refractivity contribution < 1.29 is 14.3 Å². The third-order valence-corrected chi connectivity index (χ3v) is 4.35. The van der Waals surface area contributed by atoms with Crippen LogP contribution in [0.1, 0.15) is 5.56 Å². The Morgan fingerprint density at radius 3 is 2.55 bits per heavy atom. The topological polar surface area (TPSA) is 55.4 Å². The molecule has 0 spiro atoms. The highest BCUT2D eigenvalue weighted by Crippen LogP contribution is 2.31. The minimum atomic E-state index is -0.348. The highest BCUT2D eigenvalue weighted by molar-refractivity contribution is 8.15. The van der Waals surface area contributed by atoms with Crippen molar-refractivity contribution in [3.05, 3.63) is 42.0 Å². The Labute approximate surface area is 120 Å². The van der Waals surface area contributed by atoms with Crippen molar-refractivity contribution in [3.63, 3.8) is 0 Å². The number of fused-ring (bicyclic) bond motifs is 1. The van der Waals surface area contributed by atoms with E-state index in [4.69, 9.17) is 4.74 Å². The van der Waals surface area contributed by atoms with Gasteiger partial charge in [-0.25, -0.2) is 0 Å². The molecule has 1 unspecified atom stereocenters. The molecule has 0 aliphatic carbocycles. The van der Waals surface area contributed by atoms with Crippen molar-refractivity contribution in [2.24, 2.45) is 0 Å². The first-order chi connectivity index (χ1) is 9.69. The Morgan fingerprint density at radius 1 is 1.15 bits per heavy atom. The number of benzene rings is 2. The van der Waals surface area contributed by atoms with E-state index in [0.29, 0.717) is 6.42 Å². The molecule has 0 aromatic heterocycles. The van der Waals surface area contributed by atoms with E-state index in [0.717, 1.165) is 33.8 Å². The minimum absolute atomic E-state index is 0.208. The van der Waals surface area contributed by atoms with E-state index in [1.54, 1.807) is 7.11 Å². The average Bonchev–Trinajstić information content (AvgIpc) is 2.77. The summed E-state index contributed by atoms with van der Waals surface area (Å²) in [6.07, 6.45) is 0.534. The van der Waals surface area contributed by atoms with Crippen molar-refractivity contribution in [2.45, 2.75) is 11.7 Å². The number of amides is 2. The number of methoxy groups -OCH3 is 1. The molecule has 1 heterocycles. The summed E-state index contributed by atoms with van der Waals surface area (Å²) < 4.78 is 5.35. The van der Waals surface area contributed by atoms with E-state index < -0.39 is 0 Å². The molecule has 1 aliphatic rings. The molecular formula is C15H13NO3S. The van der Waals surface area contributed by atoms with E-state index in [-0.39, 0.29) is 16.4 Å². The minimum Gasteiger partial charge on any atom is -0.496 e. The quantitative estimate of drug-likeness (QED) is 0.943. The highest BCUT2D eigenvalue weighted by atomic mass is 32.2. The lowest BCUT2D eigenvalue weighted by Crippen LogP contribution is -2.25. The van der Waals surface area contributed by atoms with Crippen LogP contribution in [0.15, 0.2) is 36.4 Å². The van der Waals surface area contributed by atoms with Crippen LogP contribution in [-0.4, -0.2) is 23.5 Å². The molecule has 20 heavy (non-hydrogen) atoms. The van der Waals surface area contributed by atoms with Gasteiger partial charge in [0.15, 0.2) is 0 Å². The zero-order valence-corrected chi connectivity index (χ0v) is 11.7. The third kappa shape index (κ3) is 2.25. The summed E-state index contributed by atoms with van der Waals surface area (Å²) in [5.41, 5.74) is 1.05. The van der Waals surface area contributed by atoms with Crippen molar-refractivity contribution in [1.29, 1.82) is 0 Å². The summed E-state index contributed by atoms with van der Waals surface area (Å²) in [7, 11) is 1.64. The van der Waals surface area contributed by atoms with Crippen molar-refractivity contribution in [3.8, 4) is 5.75 Å². The number of hydrogen-bond donors (Lipinski definition) is 1. The van der Waals surface area contributed by atoms with Gasteiger partial charge in [0.2, 0.25) is 5.91 Å². The van der Waals surface area contributed by atoms with Crippen molar-refractivity contribution >= 4 is 33.7 Å². The Balaban J connectivity index is 2.00. The number of ether oxygens (including phenoxy) is 1. The number of carbonyl (C=O) groups is 2. The monoisotopic (exact) mass is 287 g/mol. The van der Waals surface area contributed by atoms with E-state index in [9.17, 15) is 9.59 Å². The molecule has 4 nitrogen and oxygen atoms in total. The van der Waals surface area contributed by atoms with Gasteiger partial charge in [-0.1, -0.05) is 42.1 Å². The SMILES string of the molecule is COc1ccc(CC2SC(=O)NC2=O)c2ccccc12. The molecule has 1 atom stereocenters. The predicted octanol–water partition coefficient (Wildman–Crippen LogP) is 2.74. The van der Waals surface area contributed by atoms with Crippen molar-refractivity contribution in [2.75, 3.05) is 7.11 Å². The van der Waals surface area contributed by atoms with Gasteiger partial charge in [-0.05, 0) is 23.4 Å². The van der Waals surface area contributed by atoms with Gasteiger partial charge >= 0.3 is 0 Å². The van der Waals surface area contributed by atoms with Crippen LogP contribution in [0.2, 0.25) is 0 Å². The number of thioether (sulfide) groups is 1. The molecule has 2 aromatic rings. The molecule has 5 heteroatoms. The van der Waals surface area contributed by atoms with Crippen LogP contribution in [0.5, 0.6) is 5.75 Å². The van der Waals surface area contributed by atoms with Crippen LogP contribution in [-0.2, 0) is 11.2 Å². The molecule has 2 amide bonds. The van der Waals surface area contributed by atoms with Crippen LogP contribution < -0.4 is 10.1 Å². The largest absolute Gasteiger partial charge is 0.496 e. The van der Waals surface area contributed by atoms with Crippen LogP contribution in [0, 0.1) is 0 Å². The van der Waals surface area contributed by atoms with E-state index in [1.807, 2.05) is 36.4 Å². The normalized spacial score (nSPS) is 18.4. The van der Waals surface area contributed by atoms with Gasteiger partial charge in [-0.3, -0.25) is 14.9 Å². The maximum Gasteiger partial charge on any atom is 0.286 e. The smallest absolute Gasteiger partial charge is 0.286 e. The summed E-state index contributed by atoms with van der Waals surface area (Å²) >= 11 is 1.06. The second-order valence-electron chi connectivity index (χ2n) is 4.56. The lowest BCUT2D eigenvalue weighted by molar-refractivity contribution is -0.118. The molecular weight excluding hydrogens is 274 g/mol. The zero-order chi connectivity index (χ0) is 14.1. The zero-order valence-electron chi connectivity index (χ0n) is 10.9. The third-order valence-electron chi connectivity index (χ3n) is 3.37. The van der Waals surface area contributed by atoms with Crippen molar-refractivity contribution in [1.82, 2.24) is 5.32 Å². The van der Waals surface area contributed by atoms with Gasteiger partial charge in [0.25, 0.3) is 5.24 Å². The number of nitrogens with one attached hydrogen (secondary N) is 1. The van der Waals surface area contributed by atoms with Gasteiger partial charge in [0.1, 0.15) is 5.75 Å². The second-order valence-corrected chi connectivity index (χ2v) is 5.74. The van der Waals surface area contributed by atoms with Crippen LogP contribution in [0.3, 0.4) is 0 Å². The fourth-order valence-electron chi connectivity index (χ4n) is 2.42. The fraction of sp³-hybridized carbons (Fsp3) is 0.200. The first-order valence-electron chi connectivity index (χ1n) is 6.25. The maximum absolute atomic E-state index is 11.7. The number of imide groups is 1. The summed E-state index contributed by atoms with van der Waals surface area (Å²) in [6, 6.07) is 11.8. The van der Waals surface area contributed by atoms with Crippen LogP contribution in [0.4, 0.5) is 4.79 Å². The van der Waals surface area contributed by atoms with Gasteiger partial charge in [0.05, 0.1) is 12.4 Å². The Hall–Kier alpha value is -2.01. The Morgan fingerprint density at radius 2 is 1.90 bits per heavy atom. The average molecular weight is 287 g/mol. The van der Waals surface area contributed by atoms with Gasteiger partial charge < -0.3 is 4.74 Å². The molecule has 2 aromatic carbocycles. The standard InChI is InChI=1S/C15H13NO3S/c1-19-12-7-6-9(10-4-2-3-5-11(10)12)8-13-14(17)16-15(18)20-13/h2-7,13H,8H2,1H3,(H,16,17,18). The Bertz CT molecular complexity index is 699. The highest BCUT2D eigenvalue weighted by Gasteiger charge is 2.31. The molecule has 1 saturated heterocycles. The van der Waals surface area contributed by atoms with Crippen LogP contribution in [0.25, 0.3) is 10.8 Å². The second kappa shape index (κ2) is 5.17. The van der Waals surface area contributed by atoms with Gasteiger partial charge in [0, 0.05) is 5.39 Å². The molecule has 0 radical (unpaired) electrons.